The number of ether oxygens (including phenoxy) is 1. The molecule has 0 bridgehead atoms. The van der Waals surface area contributed by atoms with Crippen LogP contribution in [-0.4, -0.2) is 71.7 Å². The van der Waals surface area contributed by atoms with Crippen LogP contribution >= 0.6 is 0 Å². The zero-order valence-electron chi connectivity index (χ0n) is 14.2. The maximum Gasteiger partial charge on any atom is 0.260 e. The molecular formula is C18H24F2N2O3. The van der Waals surface area contributed by atoms with Crippen molar-refractivity contribution in [2.24, 2.45) is 0 Å². The molecule has 1 amide bonds. The van der Waals surface area contributed by atoms with Gasteiger partial charge in [-0.05, 0) is 18.6 Å². The van der Waals surface area contributed by atoms with E-state index in [1.54, 1.807) is 17.0 Å². The van der Waals surface area contributed by atoms with E-state index < -0.39 is 11.5 Å². The molecule has 0 aliphatic carbocycles. The molecular weight excluding hydrogens is 330 g/mol. The Morgan fingerprint density at radius 1 is 1.12 bits per heavy atom. The number of hydrogen-bond donors (Lipinski definition) is 1. The predicted molar refractivity (Wildman–Crippen MR) is 88.7 cm³/mol. The molecule has 1 aromatic carbocycles. The largest absolute Gasteiger partial charge is 0.484 e. The molecule has 7 heteroatoms. The molecule has 1 unspecified atom stereocenters. The highest BCUT2D eigenvalue weighted by Crippen LogP contribution is 2.30. The Hall–Kier alpha value is -1.73. The quantitative estimate of drug-likeness (QED) is 0.876. The highest BCUT2D eigenvalue weighted by atomic mass is 19.3. The van der Waals surface area contributed by atoms with Crippen LogP contribution in [0.4, 0.5) is 8.78 Å². The summed E-state index contributed by atoms with van der Waals surface area (Å²) in [5.41, 5.74) is -1.03. The molecule has 2 heterocycles. The maximum absolute atomic E-state index is 13.2. The van der Waals surface area contributed by atoms with Crippen molar-refractivity contribution in [3.05, 3.63) is 30.3 Å². The van der Waals surface area contributed by atoms with E-state index in [4.69, 9.17) is 4.74 Å². The van der Waals surface area contributed by atoms with Gasteiger partial charge in [0.15, 0.2) is 6.61 Å². The summed E-state index contributed by atoms with van der Waals surface area (Å²) in [7, 11) is 0. The molecule has 0 saturated carbocycles. The van der Waals surface area contributed by atoms with Gasteiger partial charge in [-0.25, -0.2) is 8.78 Å². The second kappa shape index (κ2) is 7.25. The first-order chi connectivity index (χ1) is 11.9. The number of likely N-dealkylation sites (tertiary alicyclic amines) is 2. The molecule has 2 aliphatic heterocycles. The number of carbonyl (C=O) groups is 1. The van der Waals surface area contributed by atoms with Crippen molar-refractivity contribution in [3.63, 3.8) is 0 Å². The number of para-hydroxylation sites is 1. The van der Waals surface area contributed by atoms with Crippen LogP contribution in [0, 0.1) is 0 Å². The van der Waals surface area contributed by atoms with Crippen LogP contribution in [0.1, 0.15) is 19.3 Å². The Labute approximate surface area is 146 Å². The Morgan fingerprint density at radius 3 is 2.48 bits per heavy atom. The van der Waals surface area contributed by atoms with Gasteiger partial charge in [0.05, 0.1) is 12.1 Å². The van der Waals surface area contributed by atoms with Gasteiger partial charge >= 0.3 is 0 Å². The number of carbonyl (C=O) groups excluding carboxylic acids is 1. The number of piperidine rings is 1. The molecule has 3 rings (SSSR count). The van der Waals surface area contributed by atoms with Gasteiger partial charge in [-0.1, -0.05) is 18.2 Å². The number of benzene rings is 1. The van der Waals surface area contributed by atoms with Crippen molar-refractivity contribution >= 4 is 5.91 Å². The molecule has 2 aliphatic rings. The van der Waals surface area contributed by atoms with Gasteiger partial charge in [0.25, 0.3) is 11.8 Å². The van der Waals surface area contributed by atoms with Gasteiger partial charge in [-0.15, -0.1) is 0 Å². The number of nitrogens with zero attached hydrogens (tertiary/aromatic N) is 2. The van der Waals surface area contributed by atoms with Crippen molar-refractivity contribution in [2.45, 2.75) is 30.8 Å². The molecule has 0 radical (unpaired) electrons. The topological polar surface area (TPSA) is 53.0 Å². The van der Waals surface area contributed by atoms with Crippen molar-refractivity contribution in [1.82, 2.24) is 9.80 Å². The fourth-order valence-electron chi connectivity index (χ4n) is 3.41. The van der Waals surface area contributed by atoms with E-state index in [2.05, 4.69) is 0 Å². The van der Waals surface area contributed by atoms with Crippen LogP contribution in [0.15, 0.2) is 30.3 Å². The zero-order valence-corrected chi connectivity index (χ0v) is 14.2. The number of rotatable bonds is 5. The first-order valence-electron chi connectivity index (χ1n) is 8.64. The number of β-amino-alcohol motifs (C(OH)–C–C–N with tert-alkyl or cyclic N) is 1. The fourth-order valence-corrected chi connectivity index (χ4v) is 3.41. The Morgan fingerprint density at radius 2 is 1.80 bits per heavy atom. The van der Waals surface area contributed by atoms with Crippen LogP contribution in [0.25, 0.3) is 0 Å². The lowest BCUT2D eigenvalue weighted by Gasteiger charge is -2.36. The predicted octanol–water partition coefficient (Wildman–Crippen LogP) is 1.76. The Balaban J connectivity index is 1.46. The summed E-state index contributed by atoms with van der Waals surface area (Å²) < 4.78 is 31.9. The normalized spacial score (nSPS) is 26.6. The summed E-state index contributed by atoms with van der Waals surface area (Å²) >= 11 is 0. The van der Waals surface area contributed by atoms with Crippen molar-refractivity contribution in [2.75, 3.05) is 39.3 Å². The van der Waals surface area contributed by atoms with Crippen LogP contribution in [0.3, 0.4) is 0 Å². The number of amides is 1. The highest BCUT2D eigenvalue weighted by Gasteiger charge is 2.42. The average molecular weight is 354 g/mol. The summed E-state index contributed by atoms with van der Waals surface area (Å²) in [5, 5.41) is 10.7. The van der Waals surface area contributed by atoms with Crippen molar-refractivity contribution < 1.29 is 23.4 Å². The van der Waals surface area contributed by atoms with E-state index in [0.29, 0.717) is 25.3 Å². The SMILES string of the molecule is O=C(COc1ccccc1)N1CCC(O)(CN2CCC(F)(F)CC2)C1. The minimum absolute atomic E-state index is 0.0734. The molecule has 5 nitrogen and oxygen atoms in total. The van der Waals surface area contributed by atoms with E-state index in [-0.39, 0.29) is 45.0 Å². The third kappa shape index (κ3) is 4.89. The van der Waals surface area contributed by atoms with Gasteiger partial charge in [0.2, 0.25) is 0 Å². The molecule has 0 spiro atoms. The molecule has 2 fully saturated rings. The third-order valence-corrected chi connectivity index (χ3v) is 4.90. The standard InChI is InChI=1S/C18H24F2N2O3/c19-18(20)7-9-21(10-8-18)13-17(24)6-11-22(14-17)16(23)12-25-15-4-2-1-3-5-15/h1-5,24H,6-14H2. The number of aliphatic hydroxyl groups is 1. The van der Waals surface area contributed by atoms with Crippen LogP contribution in [-0.2, 0) is 4.79 Å². The van der Waals surface area contributed by atoms with E-state index in [1.165, 1.54) is 0 Å². The smallest absolute Gasteiger partial charge is 0.260 e. The highest BCUT2D eigenvalue weighted by molar-refractivity contribution is 5.78. The molecule has 25 heavy (non-hydrogen) atoms. The first-order valence-corrected chi connectivity index (χ1v) is 8.64. The lowest BCUT2D eigenvalue weighted by atomic mass is 10.00. The minimum Gasteiger partial charge on any atom is -0.484 e. The fraction of sp³-hybridized carbons (Fsp3) is 0.611. The Kier molecular flexibility index (Phi) is 5.24. The van der Waals surface area contributed by atoms with Gasteiger partial charge in [-0.2, -0.15) is 0 Å². The van der Waals surface area contributed by atoms with Gasteiger partial charge in [-0.3, -0.25) is 9.69 Å². The van der Waals surface area contributed by atoms with Gasteiger partial charge in [0.1, 0.15) is 5.75 Å². The summed E-state index contributed by atoms with van der Waals surface area (Å²) in [6.45, 7) is 1.48. The first kappa shape index (κ1) is 18.1. The molecule has 1 N–H and O–H groups in total. The van der Waals surface area contributed by atoms with Crippen molar-refractivity contribution in [3.8, 4) is 5.75 Å². The lowest BCUT2D eigenvalue weighted by molar-refractivity contribution is -0.133. The maximum atomic E-state index is 13.2. The average Bonchev–Trinajstić information content (AvgIpc) is 2.98. The van der Waals surface area contributed by atoms with Gasteiger partial charge < -0.3 is 14.7 Å². The van der Waals surface area contributed by atoms with E-state index >= 15 is 0 Å². The molecule has 138 valence electrons. The number of alkyl halides is 2. The summed E-state index contributed by atoms with van der Waals surface area (Å²) in [6.07, 6.45) is 0.115. The molecule has 2 saturated heterocycles. The van der Waals surface area contributed by atoms with Crippen LogP contribution in [0.5, 0.6) is 5.75 Å². The molecule has 1 aromatic rings. The molecule has 1 atom stereocenters. The number of halogens is 2. The van der Waals surface area contributed by atoms with Crippen LogP contribution in [0.2, 0.25) is 0 Å². The monoisotopic (exact) mass is 354 g/mol. The lowest BCUT2D eigenvalue weighted by Crippen LogP contribution is -2.50. The summed E-state index contributed by atoms with van der Waals surface area (Å²) in [4.78, 5) is 15.7. The second-order valence-corrected chi connectivity index (χ2v) is 7.02. The van der Waals surface area contributed by atoms with Gasteiger partial charge in [0, 0.05) is 39.0 Å². The number of hydrogen-bond acceptors (Lipinski definition) is 4. The third-order valence-electron chi connectivity index (χ3n) is 4.90. The van der Waals surface area contributed by atoms with E-state index in [0.717, 1.165) is 0 Å². The van der Waals surface area contributed by atoms with Crippen molar-refractivity contribution in [1.29, 1.82) is 0 Å². The Bertz CT molecular complexity index is 589. The minimum atomic E-state index is -2.59. The van der Waals surface area contributed by atoms with E-state index in [1.807, 2.05) is 23.1 Å². The summed E-state index contributed by atoms with van der Waals surface area (Å²) in [6, 6.07) is 9.08. The van der Waals surface area contributed by atoms with Crippen LogP contribution < -0.4 is 4.74 Å². The molecule has 0 aromatic heterocycles. The van der Waals surface area contributed by atoms with E-state index in [9.17, 15) is 18.7 Å². The second-order valence-electron chi connectivity index (χ2n) is 7.02. The zero-order chi connectivity index (χ0) is 17.9. The summed E-state index contributed by atoms with van der Waals surface area (Å²) in [5.74, 6) is -2.14.